The van der Waals surface area contributed by atoms with Crippen LogP contribution in [0.4, 0.5) is 17.6 Å². The smallest absolute Gasteiger partial charge is 0.347 e. The highest BCUT2D eigenvalue weighted by molar-refractivity contribution is 6.30. The van der Waals surface area contributed by atoms with Crippen LogP contribution in [0.1, 0.15) is 5.56 Å². The molecule has 0 saturated heterocycles. The molecule has 0 radical (unpaired) electrons. The highest BCUT2D eigenvalue weighted by atomic mass is 35.5. The van der Waals surface area contributed by atoms with Crippen molar-refractivity contribution in [3.05, 3.63) is 34.6 Å². The molecule has 1 rings (SSSR count). The summed E-state index contributed by atoms with van der Waals surface area (Å²) in [7, 11) is 0. The highest BCUT2D eigenvalue weighted by Crippen LogP contribution is 2.16. The van der Waals surface area contributed by atoms with Gasteiger partial charge in [-0.3, -0.25) is 4.79 Å². The van der Waals surface area contributed by atoms with Crippen LogP contribution < -0.4 is 5.32 Å². The summed E-state index contributed by atoms with van der Waals surface area (Å²) in [5.74, 6) is -1.54. The fraction of sp³-hybridized carbons (Fsp3) is 0.300. The van der Waals surface area contributed by atoms with Crippen molar-refractivity contribution in [1.29, 1.82) is 0 Å². The number of nitrogens with one attached hydrogen (secondary N) is 1. The Morgan fingerprint density at radius 2 is 2.00 bits per heavy atom. The summed E-state index contributed by atoms with van der Waals surface area (Å²) in [6, 6.07) is 3.62. The maximum absolute atomic E-state index is 13.0. The van der Waals surface area contributed by atoms with Crippen LogP contribution in [0.2, 0.25) is 5.02 Å². The number of rotatable bonds is 3. The van der Waals surface area contributed by atoms with E-state index >= 15 is 0 Å². The largest absolute Gasteiger partial charge is 0.405 e. The van der Waals surface area contributed by atoms with Gasteiger partial charge in [0.15, 0.2) is 0 Å². The number of hydrogen-bond donors (Lipinski definition) is 1. The predicted molar refractivity (Wildman–Crippen MR) is 54.2 cm³/mol. The van der Waals surface area contributed by atoms with Crippen molar-refractivity contribution in [2.45, 2.75) is 12.6 Å². The molecule has 1 amide bonds. The quantitative estimate of drug-likeness (QED) is 0.840. The van der Waals surface area contributed by atoms with Gasteiger partial charge in [0, 0.05) is 0 Å². The zero-order valence-electron chi connectivity index (χ0n) is 8.44. The zero-order chi connectivity index (χ0) is 13.1. The Labute approximate surface area is 99.6 Å². The van der Waals surface area contributed by atoms with E-state index in [0.29, 0.717) is 0 Å². The summed E-state index contributed by atoms with van der Waals surface area (Å²) in [6.45, 7) is -1.40. The molecule has 2 nitrogen and oxygen atoms in total. The van der Waals surface area contributed by atoms with Gasteiger partial charge in [-0.1, -0.05) is 17.7 Å². The van der Waals surface area contributed by atoms with Crippen molar-refractivity contribution in [1.82, 2.24) is 5.32 Å². The lowest BCUT2D eigenvalue weighted by Crippen LogP contribution is -2.34. The van der Waals surface area contributed by atoms with E-state index in [4.69, 9.17) is 11.6 Å². The van der Waals surface area contributed by atoms with Gasteiger partial charge in [-0.05, 0) is 17.7 Å². The van der Waals surface area contributed by atoms with Crippen LogP contribution in [0.5, 0.6) is 0 Å². The molecular weight excluding hydrogens is 262 g/mol. The fourth-order valence-electron chi connectivity index (χ4n) is 1.10. The lowest BCUT2D eigenvalue weighted by Gasteiger charge is -2.08. The molecule has 0 aromatic heterocycles. The second-order valence-corrected chi connectivity index (χ2v) is 3.72. The van der Waals surface area contributed by atoms with E-state index in [1.807, 2.05) is 0 Å². The molecule has 0 bridgehead atoms. The minimum absolute atomic E-state index is 0.107. The zero-order valence-corrected chi connectivity index (χ0v) is 9.20. The van der Waals surface area contributed by atoms with Crippen molar-refractivity contribution >= 4 is 17.5 Å². The van der Waals surface area contributed by atoms with E-state index in [1.54, 1.807) is 5.32 Å². The molecule has 0 saturated carbocycles. The molecule has 1 aromatic carbocycles. The molecule has 0 unspecified atom stereocenters. The number of halogens is 5. The number of benzene rings is 1. The van der Waals surface area contributed by atoms with Crippen LogP contribution in [0.15, 0.2) is 18.2 Å². The van der Waals surface area contributed by atoms with Crippen LogP contribution in [-0.2, 0) is 11.2 Å². The van der Waals surface area contributed by atoms with Crippen LogP contribution in [-0.4, -0.2) is 18.6 Å². The van der Waals surface area contributed by atoms with Crippen molar-refractivity contribution in [3.63, 3.8) is 0 Å². The van der Waals surface area contributed by atoms with Gasteiger partial charge in [-0.15, -0.1) is 0 Å². The van der Waals surface area contributed by atoms with E-state index in [-0.39, 0.29) is 17.0 Å². The van der Waals surface area contributed by atoms with E-state index in [2.05, 4.69) is 0 Å². The highest BCUT2D eigenvalue weighted by Gasteiger charge is 2.27. The lowest BCUT2D eigenvalue weighted by molar-refractivity contribution is -0.138. The topological polar surface area (TPSA) is 29.1 Å². The van der Waals surface area contributed by atoms with Crippen molar-refractivity contribution in [2.75, 3.05) is 6.54 Å². The second-order valence-electron chi connectivity index (χ2n) is 3.32. The number of carbonyl (C=O) groups excluding carboxylic acids is 1. The van der Waals surface area contributed by atoms with Crippen LogP contribution in [0.25, 0.3) is 0 Å². The minimum Gasteiger partial charge on any atom is -0.347 e. The van der Waals surface area contributed by atoms with Gasteiger partial charge < -0.3 is 5.32 Å². The Hall–Kier alpha value is -1.30. The van der Waals surface area contributed by atoms with E-state index in [9.17, 15) is 22.4 Å². The molecule has 0 heterocycles. The Balaban J connectivity index is 2.54. The van der Waals surface area contributed by atoms with Crippen molar-refractivity contribution < 1.29 is 22.4 Å². The predicted octanol–water partition coefficient (Wildman–Crippen LogP) is 2.70. The Bertz CT molecular complexity index is 419. The number of alkyl halides is 3. The molecular formula is C10H8ClF4NO. The molecule has 94 valence electrons. The van der Waals surface area contributed by atoms with E-state index in [0.717, 1.165) is 6.07 Å². The van der Waals surface area contributed by atoms with Gasteiger partial charge in [-0.25, -0.2) is 4.39 Å². The molecule has 0 aliphatic carbocycles. The Kier molecular flexibility index (Phi) is 4.34. The maximum Gasteiger partial charge on any atom is 0.405 e. The Morgan fingerprint density at radius 1 is 1.35 bits per heavy atom. The van der Waals surface area contributed by atoms with Gasteiger partial charge in [0.05, 0.1) is 11.4 Å². The third kappa shape index (κ3) is 5.04. The molecule has 7 heteroatoms. The van der Waals surface area contributed by atoms with Crippen LogP contribution in [0.3, 0.4) is 0 Å². The molecule has 0 aliphatic heterocycles. The summed E-state index contributed by atoms with van der Waals surface area (Å²) in [4.78, 5) is 11.1. The average molecular weight is 270 g/mol. The molecule has 17 heavy (non-hydrogen) atoms. The first kappa shape index (κ1) is 13.8. The number of amides is 1. The van der Waals surface area contributed by atoms with Crippen LogP contribution in [0, 0.1) is 5.82 Å². The van der Waals surface area contributed by atoms with Gasteiger partial charge >= 0.3 is 6.18 Å². The van der Waals surface area contributed by atoms with E-state index < -0.39 is 24.4 Å². The second kappa shape index (κ2) is 5.35. The molecule has 0 aliphatic rings. The summed E-state index contributed by atoms with van der Waals surface area (Å²) in [5, 5.41) is 1.58. The summed E-state index contributed by atoms with van der Waals surface area (Å²) in [5.41, 5.74) is 0.256. The molecule has 0 atom stereocenters. The van der Waals surface area contributed by atoms with Gasteiger partial charge in [0.2, 0.25) is 5.91 Å². The molecule has 1 N–H and O–H groups in total. The standard InChI is InChI=1S/C10H8ClF4NO/c11-7-2-1-6(3-8(7)12)4-9(17)16-5-10(13,14)15/h1-3H,4-5H2,(H,16,17). The lowest BCUT2D eigenvalue weighted by atomic mass is 10.1. The average Bonchev–Trinajstić information content (AvgIpc) is 2.20. The normalized spacial score (nSPS) is 11.4. The van der Waals surface area contributed by atoms with E-state index in [1.165, 1.54) is 12.1 Å². The number of carbonyl (C=O) groups is 1. The first-order valence-electron chi connectivity index (χ1n) is 4.55. The first-order chi connectivity index (χ1) is 7.78. The third-order valence-electron chi connectivity index (χ3n) is 1.83. The third-order valence-corrected chi connectivity index (χ3v) is 2.14. The van der Waals surface area contributed by atoms with Crippen LogP contribution >= 0.6 is 11.6 Å². The SMILES string of the molecule is O=C(Cc1ccc(Cl)c(F)c1)NCC(F)(F)F. The summed E-state index contributed by atoms with van der Waals surface area (Å²) in [6.07, 6.45) is -4.79. The molecule has 1 aromatic rings. The fourth-order valence-corrected chi connectivity index (χ4v) is 1.21. The monoisotopic (exact) mass is 269 g/mol. The van der Waals surface area contributed by atoms with Gasteiger partial charge in [-0.2, -0.15) is 13.2 Å². The van der Waals surface area contributed by atoms with Crippen molar-refractivity contribution in [2.24, 2.45) is 0 Å². The minimum atomic E-state index is -4.46. The molecule has 0 fully saturated rings. The van der Waals surface area contributed by atoms with Crippen molar-refractivity contribution in [3.8, 4) is 0 Å². The molecule has 0 spiro atoms. The number of hydrogen-bond acceptors (Lipinski definition) is 1. The summed E-state index contributed by atoms with van der Waals surface area (Å²) >= 11 is 5.41. The Morgan fingerprint density at radius 3 is 2.53 bits per heavy atom. The maximum atomic E-state index is 13.0. The van der Waals surface area contributed by atoms with Gasteiger partial charge in [0.1, 0.15) is 12.4 Å². The van der Waals surface area contributed by atoms with Gasteiger partial charge in [0.25, 0.3) is 0 Å². The summed E-state index contributed by atoms with van der Waals surface area (Å²) < 4.78 is 48.3. The first-order valence-corrected chi connectivity index (χ1v) is 4.93.